The number of rotatable bonds is 14. The smallest absolute Gasteiger partial charge is 0.291 e. The highest BCUT2D eigenvalue weighted by molar-refractivity contribution is 6.12. The lowest BCUT2D eigenvalue weighted by Gasteiger charge is -2.23. The van der Waals surface area contributed by atoms with E-state index in [0.717, 1.165) is 48.9 Å². The van der Waals surface area contributed by atoms with Gasteiger partial charge in [0.2, 0.25) is 0 Å². The van der Waals surface area contributed by atoms with Gasteiger partial charge in [-0.15, -0.1) is 0 Å². The van der Waals surface area contributed by atoms with Gasteiger partial charge in [-0.2, -0.15) is 0 Å². The van der Waals surface area contributed by atoms with Crippen molar-refractivity contribution in [3.8, 4) is 17.2 Å². The molecule has 2 amide bonds. The second-order valence-corrected chi connectivity index (χ2v) is 12.8. The van der Waals surface area contributed by atoms with Crippen LogP contribution in [-0.2, 0) is 19.5 Å². The maximum Gasteiger partial charge on any atom is 0.291 e. The molecule has 12 nitrogen and oxygen atoms in total. The molecule has 0 spiro atoms. The van der Waals surface area contributed by atoms with Gasteiger partial charge in [-0.05, 0) is 71.6 Å². The Bertz CT molecular complexity index is 2480. The quantitative estimate of drug-likeness (QED) is 0.119. The van der Waals surface area contributed by atoms with Crippen molar-refractivity contribution in [1.29, 1.82) is 0 Å². The number of imidazole rings is 1. The minimum absolute atomic E-state index is 0.112. The Labute approximate surface area is 317 Å². The number of ether oxygens (including phenoxy) is 2. The molecule has 2 N–H and O–H groups in total. The normalized spacial score (nSPS) is 11.0. The SMILES string of the molecule is COc1cc(NC(=O)c2cc(=O)c3ccccc3o2)c(C(=O)Nc2ccc(CCN(Cc3cccnc3)Cc3cccc(-n4ccnc4)c3)cc2)cc1OC. The van der Waals surface area contributed by atoms with Crippen LogP contribution >= 0.6 is 0 Å². The number of hydrogen-bond acceptors (Lipinski definition) is 9. The molecule has 7 aromatic rings. The summed E-state index contributed by atoms with van der Waals surface area (Å²) >= 11 is 0. The molecule has 0 atom stereocenters. The van der Waals surface area contributed by atoms with Crippen molar-refractivity contribution in [2.75, 3.05) is 31.4 Å². The molecule has 0 aliphatic carbocycles. The number of pyridine rings is 1. The zero-order chi connectivity index (χ0) is 38.1. The van der Waals surface area contributed by atoms with E-state index in [-0.39, 0.29) is 28.0 Å². The second kappa shape index (κ2) is 16.7. The van der Waals surface area contributed by atoms with Gasteiger partial charge in [-0.1, -0.05) is 42.5 Å². The molecule has 0 saturated carbocycles. The van der Waals surface area contributed by atoms with E-state index in [9.17, 15) is 14.4 Å². The summed E-state index contributed by atoms with van der Waals surface area (Å²) in [6.07, 6.45) is 9.92. The zero-order valence-electron chi connectivity index (χ0n) is 30.3. The number of carbonyl (C=O) groups excluding carboxylic acids is 2. The van der Waals surface area contributed by atoms with Crippen molar-refractivity contribution in [3.63, 3.8) is 0 Å². The average Bonchev–Trinajstić information content (AvgIpc) is 3.76. The first-order chi connectivity index (χ1) is 26.9. The van der Waals surface area contributed by atoms with Crippen LogP contribution in [0.2, 0.25) is 0 Å². The van der Waals surface area contributed by atoms with Crippen LogP contribution in [0.3, 0.4) is 0 Å². The first-order valence-electron chi connectivity index (χ1n) is 17.6. The number of benzene rings is 4. The van der Waals surface area contributed by atoms with E-state index in [1.165, 1.54) is 31.9 Å². The van der Waals surface area contributed by atoms with Crippen molar-refractivity contribution < 1.29 is 23.5 Å². The van der Waals surface area contributed by atoms with E-state index < -0.39 is 11.8 Å². The maximum atomic E-state index is 13.7. The predicted octanol–water partition coefficient (Wildman–Crippen LogP) is 7.14. The molecular weight excluding hydrogens is 697 g/mol. The fourth-order valence-electron chi connectivity index (χ4n) is 6.26. The lowest BCUT2D eigenvalue weighted by atomic mass is 10.1. The minimum Gasteiger partial charge on any atom is -0.493 e. The van der Waals surface area contributed by atoms with Gasteiger partial charge in [0, 0.05) is 67.9 Å². The molecule has 0 bridgehead atoms. The second-order valence-electron chi connectivity index (χ2n) is 12.8. The zero-order valence-corrected chi connectivity index (χ0v) is 30.3. The summed E-state index contributed by atoms with van der Waals surface area (Å²) < 4.78 is 18.6. The van der Waals surface area contributed by atoms with E-state index in [4.69, 9.17) is 13.9 Å². The lowest BCUT2D eigenvalue weighted by Crippen LogP contribution is -2.25. The number of hydrogen-bond donors (Lipinski definition) is 2. The highest BCUT2D eigenvalue weighted by atomic mass is 16.5. The Morgan fingerprint density at radius 1 is 0.764 bits per heavy atom. The molecule has 12 heteroatoms. The maximum absolute atomic E-state index is 13.7. The van der Waals surface area contributed by atoms with Gasteiger partial charge in [-0.25, -0.2) is 4.98 Å². The third kappa shape index (κ3) is 8.78. The number of anilines is 2. The number of fused-ring (bicyclic) bond motifs is 1. The summed E-state index contributed by atoms with van der Waals surface area (Å²) in [7, 11) is 2.91. The molecule has 0 fully saturated rings. The van der Waals surface area contributed by atoms with Crippen LogP contribution in [0.4, 0.5) is 11.4 Å². The number of nitrogens with one attached hydrogen (secondary N) is 2. The molecule has 0 aliphatic rings. The Morgan fingerprint density at radius 2 is 1.55 bits per heavy atom. The lowest BCUT2D eigenvalue weighted by molar-refractivity contribution is 0.0997. The molecule has 4 aromatic carbocycles. The van der Waals surface area contributed by atoms with Crippen LogP contribution in [-0.4, -0.2) is 52.0 Å². The Hall–Kier alpha value is -7.05. The highest BCUT2D eigenvalue weighted by Crippen LogP contribution is 2.34. The Morgan fingerprint density at radius 3 is 2.31 bits per heavy atom. The molecule has 3 heterocycles. The fourth-order valence-corrected chi connectivity index (χ4v) is 6.26. The highest BCUT2D eigenvalue weighted by Gasteiger charge is 2.21. The molecule has 7 rings (SSSR count). The van der Waals surface area contributed by atoms with E-state index in [2.05, 4.69) is 55.8 Å². The topological polar surface area (TPSA) is 141 Å². The van der Waals surface area contributed by atoms with Gasteiger partial charge >= 0.3 is 0 Å². The van der Waals surface area contributed by atoms with E-state index in [1.807, 2.05) is 47.3 Å². The van der Waals surface area contributed by atoms with Gasteiger partial charge in [0.1, 0.15) is 5.58 Å². The molecule has 55 heavy (non-hydrogen) atoms. The molecule has 0 saturated heterocycles. The molecule has 3 aromatic heterocycles. The third-order valence-corrected chi connectivity index (χ3v) is 9.05. The average molecular weight is 735 g/mol. The van der Waals surface area contributed by atoms with Crippen LogP contribution in [0.25, 0.3) is 16.7 Å². The van der Waals surface area contributed by atoms with E-state index >= 15 is 0 Å². The monoisotopic (exact) mass is 734 g/mol. The van der Waals surface area contributed by atoms with Crippen LogP contribution in [0.1, 0.15) is 37.6 Å². The number of para-hydroxylation sites is 1. The first-order valence-corrected chi connectivity index (χ1v) is 17.6. The van der Waals surface area contributed by atoms with Gasteiger partial charge in [0.15, 0.2) is 22.7 Å². The first kappa shape index (κ1) is 36.3. The van der Waals surface area contributed by atoms with Gasteiger partial charge < -0.3 is 29.1 Å². The van der Waals surface area contributed by atoms with Crippen molar-refractivity contribution >= 4 is 34.2 Å². The predicted molar refractivity (Wildman–Crippen MR) is 210 cm³/mol. The van der Waals surface area contributed by atoms with Crippen LogP contribution in [0.15, 0.2) is 143 Å². The third-order valence-electron chi connectivity index (χ3n) is 9.05. The van der Waals surface area contributed by atoms with Gasteiger partial charge in [0.25, 0.3) is 11.8 Å². The molecule has 0 aliphatic heterocycles. The Kier molecular flexibility index (Phi) is 11.1. The van der Waals surface area contributed by atoms with Crippen molar-refractivity contribution in [3.05, 3.63) is 172 Å². The summed E-state index contributed by atoms with van der Waals surface area (Å²) in [5.41, 5.74) is 5.17. The summed E-state index contributed by atoms with van der Waals surface area (Å²) in [6, 6.07) is 30.8. The largest absolute Gasteiger partial charge is 0.493 e. The minimum atomic E-state index is -0.711. The number of carbonyl (C=O) groups is 2. The summed E-state index contributed by atoms with van der Waals surface area (Å²) in [5, 5.41) is 5.99. The van der Waals surface area contributed by atoms with E-state index in [1.54, 1.807) is 43.0 Å². The number of amides is 2. The summed E-state index contributed by atoms with van der Waals surface area (Å²) in [6.45, 7) is 2.25. The number of methoxy groups -OCH3 is 2. The standard InChI is InChI=1S/C43H38N6O6/c1-53-39-22-35(36(23-40(39)54-2)47-43(52)41-24-37(50)34-10-3-4-11-38(34)55-41)42(51)46-32-14-12-29(13-15-32)16-19-48(27-31-8-6-17-44-25-31)26-30-7-5-9-33(21-30)49-20-18-45-28-49/h3-15,17-18,20-25,28H,16,19,26-27H2,1-2H3,(H,46,51)(H,47,52). The molecular formula is C43H38N6O6. The van der Waals surface area contributed by atoms with Crippen molar-refractivity contribution in [2.24, 2.45) is 0 Å². The van der Waals surface area contributed by atoms with E-state index in [0.29, 0.717) is 22.6 Å². The summed E-state index contributed by atoms with van der Waals surface area (Å²) in [4.78, 5) is 50.6. The Balaban J connectivity index is 1.05. The molecule has 276 valence electrons. The number of aromatic nitrogens is 3. The van der Waals surface area contributed by atoms with Gasteiger partial charge in [0.05, 0.1) is 37.2 Å². The molecule has 0 radical (unpaired) electrons. The summed E-state index contributed by atoms with van der Waals surface area (Å²) in [5.74, 6) is -0.825. The van der Waals surface area contributed by atoms with Crippen LogP contribution < -0.4 is 25.5 Å². The fraction of sp³-hybridized carbons (Fsp3) is 0.140. The van der Waals surface area contributed by atoms with Gasteiger partial charge in [-0.3, -0.25) is 24.3 Å². The van der Waals surface area contributed by atoms with Crippen molar-refractivity contribution in [1.82, 2.24) is 19.4 Å². The molecule has 0 unspecified atom stereocenters. The van der Waals surface area contributed by atoms with Crippen molar-refractivity contribution in [2.45, 2.75) is 19.5 Å². The van der Waals surface area contributed by atoms with Crippen LogP contribution in [0.5, 0.6) is 11.5 Å². The number of nitrogens with zero attached hydrogens (tertiary/aromatic N) is 4. The van der Waals surface area contributed by atoms with Crippen LogP contribution in [0, 0.1) is 0 Å².